The molecule has 1 N–H and O–H groups in total. The summed E-state index contributed by atoms with van der Waals surface area (Å²) in [5, 5.41) is 5.01. The van der Waals surface area contributed by atoms with Crippen molar-refractivity contribution in [3.63, 3.8) is 0 Å². The minimum atomic E-state index is 0.0732. The number of rotatable bonds is 4. The van der Waals surface area contributed by atoms with Gasteiger partial charge in [-0.3, -0.25) is 0 Å². The standard InChI is InChI=1S/C14H21Cl2N/c1-5-9-17-13(14(2,3)4)12-10(15)7-6-8-11(12)16/h6-8,13,17H,5,9H2,1-4H3. The van der Waals surface area contributed by atoms with E-state index in [1.807, 2.05) is 18.2 Å². The summed E-state index contributed by atoms with van der Waals surface area (Å²) in [7, 11) is 0. The maximum absolute atomic E-state index is 6.28. The molecule has 0 saturated heterocycles. The first-order valence-corrected chi connectivity index (χ1v) is 6.80. The summed E-state index contributed by atoms with van der Waals surface area (Å²) in [5.74, 6) is 0. The molecule has 0 aliphatic carbocycles. The highest BCUT2D eigenvalue weighted by atomic mass is 35.5. The third-order valence-electron chi connectivity index (χ3n) is 2.75. The number of nitrogens with one attached hydrogen (secondary N) is 1. The Bertz CT molecular complexity index is 349. The van der Waals surface area contributed by atoms with Crippen LogP contribution in [-0.4, -0.2) is 6.54 Å². The zero-order valence-electron chi connectivity index (χ0n) is 11.0. The van der Waals surface area contributed by atoms with Gasteiger partial charge in [-0.25, -0.2) is 0 Å². The molecule has 96 valence electrons. The van der Waals surface area contributed by atoms with Crippen LogP contribution in [0.5, 0.6) is 0 Å². The normalized spacial score (nSPS) is 13.8. The van der Waals surface area contributed by atoms with Crippen molar-refractivity contribution in [2.24, 2.45) is 5.41 Å². The Hall–Kier alpha value is -0.240. The molecule has 0 fully saturated rings. The van der Waals surface area contributed by atoms with Crippen LogP contribution in [0.15, 0.2) is 18.2 Å². The Morgan fingerprint density at radius 2 is 1.71 bits per heavy atom. The van der Waals surface area contributed by atoms with E-state index in [0.717, 1.165) is 28.6 Å². The Morgan fingerprint density at radius 1 is 1.18 bits per heavy atom. The van der Waals surface area contributed by atoms with E-state index in [0.29, 0.717) is 0 Å². The molecule has 1 rings (SSSR count). The fraction of sp³-hybridized carbons (Fsp3) is 0.571. The van der Waals surface area contributed by atoms with Crippen molar-refractivity contribution in [1.29, 1.82) is 0 Å². The lowest BCUT2D eigenvalue weighted by atomic mass is 9.82. The van der Waals surface area contributed by atoms with Crippen LogP contribution in [0.1, 0.15) is 45.7 Å². The summed E-state index contributed by atoms with van der Waals surface area (Å²) in [6.07, 6.45) is 1.09. The third-order valence-corrected chi connectivity index (χ3v) is 3.41. The summed E-state index contributed by atoms with van der Waals surface area (Å²) < 4.78 is 0. The largest absolute Gasteiger partial charge is 0.309 e. The highest BCUT2D eigenvalue weighted by Crippen LogP contribution is 2.39. The van der Waals surface area contributed by atoms with E-state index in [1.54, 1.807) is 0 Å². The monoisotopic (exact) mass is 273 g/mol. The van der Waals surface area contributed by atoms with Crippen LogP contribution < -0.4 is 5.32 Å². The summed E-state index contributed by atoms with van der Waals surface area (Å²) >= 11 is 12.6. The molecule has 0 bridgehead atoms. The molecule has 0 aliphatic heterocycles. The van der Waals surface area contributed by atoms with Gasteiger partial charge in [-0.15, -0.1) is 0 Å². The molecule has 3 heteroatoms. The molecule has 0 heterocycles. The Morgan fingerprint density at radius 3 is 2.12 bits per heavy atom. The zero-order valence-corrected chi connectivity index (χ0v) is 12.5. The van der Waals surface area contributed by atoms with Gasteiger partial charge in [0.2, 0.25) is 0 Å². The van der Waals surface area contributed by atoms with E-state index in [4.69, 9.17) is 23.2 Å². The lowest BCUT2D eigenvalue weighted by Gasteiger charge is -2.33. The summed E-state index contributed by atoms with van der Waals surface area (Å²) in [4.78, 5) is 0. The van der Waals surface area contributed by atoms with E-state index in [9.17, 15) is 0 Å². The maximum Gasteiger partial charge on any atom is 0.0468 e. The van der Waals surface area contributed by atoms with Gasteiger partial charge >= 0.3 is 0 Å². The van der Waals surface area contributed by atoms with Crippen LogP contribution in [0.4, 0.5) is 0 Å². The first kappa shape index (κ1) is 14.8. The second-order valence-electron chi connectivity index (χ2n) is 5.39. The van der Waals surface area contributed by atoms with E-state index < -0.39 is 0 Å². The Labute approximate surface area is 115 Å². The summed E-state index contributed by atoms with van der Waals surface area (Å²) in [5.41, 5.74) is 1.08. The van der Waals surface area contributed by atoms with E-state index in [-0.39, 0.29) is 11.5 Å². The van der Waals surface area contributed by atoms with Gasteiger partial charge in [0.25, 0.3) is 0 Å². The van der Waals surface area contributed by atoms with Crippen LogP contribution in [0.3, 0.4) is 0 Å². The van der Waals surface area contributed by atoms with E-state index in [2.05, 4.69) is 33.0 Å². The molecule has 0 aliphatic rings. The molecule has 0 radical (unpaired) electrons. The molecule has 1 atom stereocenters. The van der Waals surface area contributed by atoms with Crippen LogP contribution in [0, 0.1) is 5.41 Å². The second kappa shape index (κ2) is 6.08. The molecule has 0 aromatic heterocycles. The van der Waals surface area contributed by atoms with Gasteiger partial charge in [0.1, 0.15) is 0 Å². The van der Waals surface area contributed by atoms with Crippen LogP contribution in [-0.2, 0) is 0 Å². The molecular weight excluding hydrogens is 253 g/mol. The number of halogens is 2. The quantitative estimate of drug-likeness (QED) is 0.807. The molecule has 1 aromatic carbocycles. The average Bonchev–Trinajstić information content (AvgIpc) is 2.20. The minimum Gasteiger partial charge on any atom is -0.309 e. The topological polar surface area (TPSA) is 12.0 Å². The van der Waals surface area contributed by atoms with Crippen LogP contribution in [0.2, 0.25) is 10.0 Å². The van der Waals surface area contributed by atoms with Gasteiger partial charge < -0.3 is 5.32 Å². The third kappa shape index (κ3) is 3.87. The van der Waals surface area contributed by atoms with Crippen LogP contribution >= 0.6 is 23.2 Å². The molecule has 1 nitrogen and oxygen atoms in total. The average molecular weight is 274 g/mol. The van der Waals surface area contributed by atoms with Crippen molar-refractivity contribution in [3.05, 3.63) is 33.8 Å². The lowest BCUT2D eigenvalue weighted by molar-refractivity contribution is 0.273. The van der Waals surface area contributed by atoms with Gasteiger partial charge in [-0.2, -0.15) is 0 Å². The lowest BCUT2D eigenvalue weighted by Crippen LogP contribution is -2.33. The van der Waals surface area contributed by atoms with Crippen LogP contribution in [0.25, 0.3) is 0 Å². The van der Waals surface area contributed by atoms with Gasteiger partial charge in [0.05, 0.1) is 0 Å². The molecule has 0 amide bonds. The molecule has 0 spiro atoms. The van der Waals surface area contributed by atoms with Crippen molar-refractivity contribution >= 4 is 23.2 Å². The minimum absolute atomic E-state index is 0.0732. The van der Waals surface area contributed by atoms with Gasteiger partial charge in [0.15, 0.2) is 0 Å². The molecular formula is C14H21Cl2N. The number of hydrogen-bond acceptors (Lipinski definition) is 1. The second-order valence-corrected chi connectivity index (χ2v) is 6.20. The fourth-order valence-corrected chi connectivity index (χ4v) is 2.53. The number of benzene rings is 1. The predicted octanol–water partition coefficient (Wildman–Crippen LogP) is 5.08. The van der Waals surface area contributed by atoms with Crippen molar-refractivity contribution in [2.75, 3.05) is 6.54 Å². The molecule has 17 heavy (non-hydrogen) atoms. The highest BCUT2D eigenvalue weighted by Gasteiger charge is 2.28. The fourth-order valence-electron chi connectivity index (χ4n) is 1.92. The molecule has 1 unspecified atom stereocenters. The maximum atomic E-state index is 6.28. The van der Waals surface area contributed by atoms with Gasteiger partial charge in [-0.05, 0) is 30.5 Å². The van der Waals surface area contributed by atoms with Crippen molar-refractivity contribution in [3.8, 4) is 0 Å². The van der Waals surface area contributed by atoms with Crippen molar-refractivity contribution < 1.29 is 0 Å². The predicted molar refractivity (Wildman–Crippen MR) is 77.0 cm³/mol. The highest BCUT2D eigenvalue weighted by molar-refractivity contribution is 6.36. The molecule has 0 saturated carbocycles. The number of hydrogen-bond donors (Lipinski definition) is 1. The summed E-state index contributed by atoms with van der Waals surface area (Å²) in [6.45, 7) is 9.70. The Kier molecular flexibility index (Phi) is 5.30. The first-order valence-electron chi connectivity index (χ1n) is 6.05. The van der Waals surface area contributed by atoms with Gasteiger partial charge in [0, 0.05) is 21.7 Å². The van der Waals surface area contributed by atoms with E-state index in [1.165, 1.54) is 0 Å². The summed E-state index contributed by atoms with van der Waals surface area (Å²) in [6, 6.07) is 5.85. The SMILES string of the molecule is CCCNC(c1c(Cl)cccc1Cl)C(C)(C)C. The van der Waals surface area contributed by atoms with E-state index >= 15 is 0 Å². The van der Waals surface area contributed by atoms with Crippen molar-refractivity contribution in [1.82, 2.24) is 5.32 Å². The first-order chi connectivity index (χ1) is 7.88. The zero-order chi connectivity index (χ0) is 13.1. The molecule has 1 aromatic rings. The van der Waals surface area contributed by atoms with Crippen molar-refractivity contribution in [2.45, 2.75) is 40.2 Å². The van der Waals surface area contributed by atoms with Gasteiger partial charge in [-0.1, -0.05) is 57.0 Å². The Balaban J connectivity index is 3.13. The smallest absolute Gasteiger partial charge is 0.0468 e.